The molecule has 3 heterocycles. The topological polar surface area (TPSA) is 78.7 Å². The Kier molecular flexibility index (Phi) is 5.07. The lowest BCUT2D eigenvalue weighted by Crippen LogP contribution is -2.48. The Morgan fingerprint density at radius 1 is 1.12 bits per heavy atom. The standard InChI is InChI=1S/C23H25FN4O3S/c1-26-12-22(25-14-26)32(30,31)28-10-9-18-21(13-29)27(2)20-8-5-16(11-19(20)23(18)28)15-3-6-17(24)7-4-15/h3-8,11-12,14,18,21,23,29H,9-10,13H2,1-2H3/t18-,21+,23-/m0/s1. The van der Waals surface area contributed by atoms with Crippen LogP contribution in [0.3, 0.4) is 0 Å². The van der Waals surface area contributed by atoms with Crippen molar-refractivity contribution in [2.45, 2.75) is 23.5 Å². The van der Waals surface area contributed by atoms with Crippen molar-refractivity contribution in [2.75, 3.05) is 25.1 Å². The first-order valence-corrected chi connectivity index (χ1v) is 12.0. The van der Waals surface area contributed by atoms with E-state index >= 15 is 0 Å². The summed E-state index contributed by atoms with van der Waals surface area (Å²) in [7, 11) is -0.141. The molecule has 168 valence electrons. The van der Waals surface area contributed by atoms with Gasteiger partial charge < -0.3 is 14.6 Å². The zero-order valence-electron chi connectivity index (χ0n) is 17.9. The molecule has 0 unspecified atom stereocenters. The average molecular weight is 457 g/mol. The molecule has 3 aromatic rings. The number of halogens is 1. The molecule has 0 radical (unpaired) electrons. The molecule has 7 nitrogen and oxygen atoms in total. The molecular weight excluding hydrogens is 431 g/mol. The largest absolute Gasteiger partial charge is 0.394 e. The summed E-state index contributed by atoms with van der Waals surface area (Å²) < 4.78 is 43.6. The van der Waals surface area contributed by atoms with Gasteiger partial charge in [-0.05, 0) is 47.4 Å². The van der Waals surface area contributed by atoms with Gasteiger partial charge in [-0.2, -0.15) is 4.31 Å². The van der Waals surface area contributed by atoms with E-state index in [0.29, 0.717) is 13.0 Å². The minimum absolute atomic E-state index is 0.0244. The maximum absolute atomic E-state index is 13.5. The molecule has 3 atom stereocenters. The fraction of sp³-hybridized carbons (Fsp3) is 0.348. The third kappa shape index (κ3) is 3.23. The predicted molar refractivity (Wildman–Crippen MR) is 119 cm³/mol. The first-order chi connectivity index (χ1) is 15.3. The fourth-order valence-corrected chi connectivity index (χ4v) is 6.78. The highest BCUT2D eigenvalue weighted by molar-refractivity contribution is 7.89. The Hall–Kier alpha value is -2.75. The van der Waals surface area contributed by atoms with E-state index < -0.39 is 16.1 Å². The highest BCUT2D eigenvalue weighted by Crippen LogP contribution is 2.50. The second-order valence-corrected chi connectivity index (χ2v) is 10.4. The molecule has 0 spiro atoms. The molecule has 9 heteroatoms. The van der Waals surface area contributed by atoms with E-state index in [1.54, 1.807) is 23.7 Å². The fourth-order valence-electron chi connectivity index (χ4n) is 5.15. The van der Waals surface area contributed by atoms with Crippen LogP contribution in [0, 0.1) is 11.7 Å². The first kappa shape index (κ1) is 21.1. The Morgan fingerprint density at radius 3 is 2.50 bits per heavy atom. The van der Waals surface area contributed by atoms with E-state index in [4.69, 9.17) is 0 Å². The lowest BCUT2D eigenvalue weighted by atomic mass is 9.81. The van der Waals surface area contributed by atoms with Gasteiger partial charge in [0.2, 0.25) is 0 Å². The number of fused-ring (bicyclic) bond motifs is 3. The molecule has 0 saturated carbocycles. The van der Waals surface area contributed by atoms with Gasteiger partial charge in [0.05, 0.1) is 25.0 Å². The van der Waals surface area contributed by atoms with Gasteiger partial charge in [0.25, 0.3) is 10.0 Å². The Bertz CT molecular complexity index is 1260. The number of sulfonamides is 1. The highest BCUT2D eigenvalue weighted by atomic mass is 32.2. The van der Waals surface area contributed by atoms with Crippen molar-refractivity contribution >= 4 is 15.7 Å². The lowest BCUT2D eigenvalue weighted by Gasteiger charge is -2.44. The summed E-state index contributed by atoms with van der Waals surface area (Å²) in [6.45, 7) is 0.299. The summed E-state index contributed by atoms with van der Waals surface area (Å²) in [5.74, 6) is -0.361. The summed E-state index contributed by atoms with van der Waals surface area (Å²) in [5.41, 5.74) is 3.52. The second kappa shape index (κ2) is 7.68. The van der Waals surface area contributed by atoms with Crippen LogP contribution in [0.4, 0.5) is 10.1 Å². The number of anilines is 1. The van der Waals surface area contributed by atoms with Crippen molar-refractivity contribution in [1.82, 2.24) is 13.9 Å². The Balaban J connectivity index is 1.64. The van der Waals surface area contributed by atoms with E-state index in [1.165, 1.54) is 29.0 Å². The third-order valence-corrected chi connectivity index (χ3v) is 8.50. The van der Waals surface area contributed by atoms with Crippen molar-refractivity contribution in [2.24, 2.45) is 13.0 Å². The maximum atomic E-state index is 13.5. The van der Waals surface area contributed by atoms with Gasteiger partial charge in [0.1, 0.15) is 5.82 Å². The molecule has 2 aliphatic heterocycles. The van der Waals surface area contributed by atoms with Gasteiger partial charge in [-0.1, -0.05) is 18.2 Å². The van der Waals surface area contributed by atoms with Crippen LogP contribution in [0.25, 0.3) is 11.1 Å². The molecule has 1 aromatic heterocycles. The number of benzene rings is 2. The smallest absolute Gasteiger partial charge is 0.262 e. The number of nitrogens with zero attached hydrogens (tertiary/aromatic N) is 4. The van der Waals surface area contributed by atoms with Crippen LogP contribution in [0.2, 0.25) is 0 Å². The van der Waals surface area contributed by atoms with E-state index in [-0.39, 0.29) is 29.4 Å². The van der Waals surface area contributed by atoms with E-state index in [0.717, 1.165) is 22.4 Å². The molecule has 2 aliphatic rings. The number of aryl methyl sites for hydroxylation is 1. The van der Waals surface area contributed by atoms with E-state index in [1.807, 2.05) is 30.1 Å². The number of aliphatic hydroxyl groups is 1. The zero-order valence-corrected chi connectivity index (χ0v) is 18.7. The number of aromatic nitrogens is 2. The van der Waals surface area contributed by atoms with Crippen molar-refractivity contribution in [3.8, 4) is 11.1 Å². The molecular formula is C23H25FN4O3S. The van der Waals surface area contributed by atoms with Gasteiger partial charge in [0, 0.05) is 38.4 Å². The van der Waals surface area contributed by atoms with Crippen LogP contribution in [0.1, 0.15) is 18.0 Å². The van der Waals surface area contributed by atoms with Crippen molar-refractivity contribution in [3.05, 3.63) is 66.4 Å². The van der Waals surface area contributed by atoms with Crippen molar-refractivity contribution in [3.63, 3.8) is 0 Å². The van der Waals surface area contributed by atoms with Crippen LogP contribution in [-0.2, 0) is 17.1 Å². The van der Waals surface area contributed by atoms with Gasteiger partial charge >= 0.3 is 0 Å². The summed E-state index contributed by atoms with van der Waals surface area (Å²) in [4.78, 5) is 6.13. The normalized spacial score (nSPS) is 23.2. The van der Waals surface area contributed by atoms with Crippen molar-refractivity contribution in [1.29, 1.82) is 0 Å². The molecule has 1 N–H and O–H groups in total. The summed E-state index contributed by atoms with van der Waals surface area (Å²) in [6.07, 6.45) is 3.63. The molecule has 1 saturated heterocycles. The average Bonchev–Trinajstić information content (AvgIpc) is 3.42. The number of aliphatic hydroxyl groups excluding tert-OH is 1. The molecule has 1 fully saturated rings. The first-order valence-electron chi connectivity index (χ1n) is 10.5. The molecule has 0 aliphatic carbocycles. The SMILES string of the molecule is CN1c2ccc(-c3ccc(F)cc3)cc2[C@@H]2[C@@H](CCN2S(=O)(=O)c2cn(C)cn2)[C@H]1CO. The van der Waals surface area contributed by atoms with Crippen LogP contribution < -0.4 is 4.90 Å². The predicted octanol–water partition coefficient (Wildman–Crippen LogP) is 2.79. The van der Waals surface area contributed by atoms with Crippen LogP contribution in [-0.4, -0.2) is 53.6 Å². The maximum Gasteiger partial charge on any atom is 0.262 e. The molecule has 2 aromatic carbocycles. The van der Waals surface area contributed by atoms with E-state index in [2.05, 4.69) is 4.98 Å². The molecule has 5 rings (SSSR count). The molecule has 32 heavy (non-hydrogen) atoms. The lowest BCUT2D eigenvalue weighted by molar-refractivity contribution is 0.193. The number of rotatable bonds is 4. The van der Waals surface area contributed by atoms with Gasteiger partial charge in [-0.15, -0.1) is 0 Å². The summed E-state index contributed by atoms with van der Waals surface area (Å²) in [5, 5.41) is 10.2. The minimum Gasteiger partial charge on any atom is -0.394 e. The zero-order chi connectivity index (χ0) is 22.6. The molecule has 0 amide bonds. The number of hydrogen-bond acceptors (Lipinski definition) is 5. The highest BCUT2D eigenvalue weighted by Gasteiger charge is 2.50. The van der Waals surface area contributed by atoms with Crippen LogP contribution >= 0.6 is 0 Å². The third-order valence-electron chi connectivity index (χ3n) is 6.74. The Labute approximate surface area is 186 Å². The quantitative estimate of drug-likeness (QED) is 0.653. The van der Waals surface area contributed by atoms with Crippen LogP contribution in [0.5, 0.6) is 0 Å². The number of likely N-dealkylation sites (N-methyl/N-ethyl adjacent to an activating group) is 1. The Morgan fingerprint density at radius 2 is 1.84 bits per heavy atom. The van der Waals surface area contributed by atoms with Gasteiger partial charge in [-0.3, -0.25) is 0 Å². The number of imidazole rings is 1. The van der Waals surface area contributed by atoms with E-state index in [9.17, 15) is 17.9 Å². The minimum atomic E-state index is -3.81. The number of hydrogen-bond donors (Lipinski definition) is 1. The van der Waals surface area contributed by atoms with Crippen molar-refractivity contribution < 1.29 is 17.9 Å². The second-order valence-electron chi connectivity index (χ2n) is 8.53. The summed E-state index contributed by atoms with van der Waals surface area (Å²) in [6, 6.07) is 11.6. The van der Waals surface area contributed by atoms with Crippen LogP contribution in [0.15, 0.2) is 60.0 Å². The molecule has 0 bridgehead atoms. The van der Waals surface area contributed by atoms with Gasteiger partial charge in [-0.25, -0.2) is 17.8 Å². The van der Waals surface area contributed by atoms with Gasteiger partial charge in [0.15, 0.2) is 5.03 Å². The monoisotopic (exact) mass is 456 g/mol. The summed E-state index contributed by atoms with van der Waals surface area (Å²) >= 11 is 0.